The van der Waals surface area contributed by atoms with Crippen LogP contribution in [-0.4, -0.2) is 59.8 Å². The van der Waals surface area contributed by atoms with Crippen molar-refractivity contribution in [2.24, 2.45) is 0 Å². The first kappa shape index (κ1) is 14.8. The third-order valence-electron chi connectivity index (χ3n) is 3.85. The number of para-hydroxylation sites is 2. The van der Waals surface area contributed by atoms with Gasteiger partial charge in [0.25, 0.3) is 0 Å². The number of carbonyl (C=O) groups excluding carboxylic acids is 1. The zero-order chi connectivity index (χ0) is 15.4. The van der Waals surface area contributed by atoms with Gasteiger partial charge in [0.1, 0.15) is 0 Å². The zero-order valence-corrected chi connectivity index (χ0v) is 12.6. The number of anilines is 1. The van der Waals surface area contributed by atoms with Gasteiger partial charge in [-0.3, -0.25) is 10.2 Å². The minimum absolute atomic E-state index is 0.251. The molecule has 1 aromatic carbocycles. The van der Waals surface area contributed by atoms with Crippen molar-refractivity contribution in [2.45, 2.75) is 13.0 Å². The third-order valence-corrected chi connectivity index (χ3v) is 3.85. The number of imidazole rings is 1. The number of carbonyl (C=O) groups is 1. The highest BCUT2D eigenvalue weighted by Gasteiger charge is 2.17. The van der Waals surface area contributed by atoms with E-state index >= 15 is 0 Å². The van der Waals surface area contributed by atoms with Crippen molar-refractivity contribution >= 4 is 23.0 Å². The number of hydrogen-bond acceptors (Lipinski definition) is 4. The quantitative estimate of drug-likeness (QED) is 0.797. The van der Waals surface area contributed by atoms with E-state index in [4.69, 9.17) is 4.74 Å². The summed E-state index contributed by atoms with van der Waals surface area (Å²) in [5.74, 6) is 0.456. The lowest BCUT2D eigenvalue weighted by molar-refractivity contribution is 0.0209. The fourth-order valence-electron chi connectivity index (χ4n) is 2.55. The summed E-state index contributed by atoms with van der Waals surface area (Å²) in [5.41, 5.74) is 1.74. The number of urea groups is 1. The van der Waals surface area contributed by atoms with Crippen LogP contribution in [0.4, 0.5) is 10.7 Å². The highest BCUT2D eigenvalue weighted by molar-refractivity contribution is 5.89. The molecule has 0 aliphatic carbocycles. The molecule has 0 bridgehead atoms. The van der Waals surface area contributed by atoms with Crippen LogP contribution in [0.1, 0.15) is 6.92 Å². The van der Waals surface area contributed by atoms with Crippen LogP contribution in [0.25, 0.3) is 11.0 Å². The summed E-state index contributed by atoms with van der Waals surface area (Å²) in [5, 5.41) is 5.61. The first-order chi connectivity index (χ1) is 10.7. The number of nitrogens with one attached hydrogen (secondary N) is 3. The van der Waals surface area contributed by atoms with Crippen molar-refractivity contribution in [2.75, 3.05) is 38.2 Å². The van der Waals surface area contributed by atoms with Gasteiger partial charge < -0.3 is 15.0 Å². The molecule has 1 fully saturated rings. The molecule has 1 aliphatic heterocycles. The summed E-state index contributed by atoms with van der Waals surface area (Å²) in [6, 6.07) is 7.69. The van der Waals surface area contributed by atoms with Crippen LogP contribution in [0.2, 0.25) is 0 Å². The summed E-state index contributed by atoms with van der Waals surface area (Å²) in [4.78, 5) is 21.6. The zero-order valence-electron chi connectivity index (χ0n) is 12.6. The van der Waals surface area contributed by atoms with Crippen molar-refractivity contribution in [3.05, 3.63) is 24.3 Å². The van der Waals surface area contributed by atoms with Crippen LogP contribution in [0.3, 0.4) is 0 Å². The van der Waals surface area contributed by atoms with Crippen molar-refractivity contribution in [1.29, 1.82) is 0 Å². The van der Waals surface area contributed by atoms with Gasteiger partial charge in [0.2, 0.25) is 5.95 Å². The van der Waals surface area contributed by atoms with Gasteiger partial charge >= 0.3 is 6.03 Å². The molecule has 2 amide bonds. The Morgan fingerprint density at radius 2 is 2.18 bits per heavy atom. The highest BCUT2D eigenvalue weighted by atomic mass is 16.5. The molecule has 7 heteroatoms. The molecule has 7 nitrogen and oxygen atoms in total. The van der Waals surface area contributed by atoms with E-state index < -0.39 is 0 Å². The molecule has 2 aromatic rings. The lowest BCUT2D eigenvalue weighted by Gasteiger charge is -2.32. The largest absolute Gasteiger partial charge is 0.379 e. The first-order valence-corrected chi connectivity index (χ1v) is 7.54. The predicted molar refractivity (Wildman–Crippen MR) is 85.0 cm³/mol. The van der Waals surface area contributed by atoms with Crippen LogP contribution < -0.4 is 10.6 Å². The molecule has 0 unspecified atom stereocenters. The molecule has 118 valence electrons. The molecule has 2 heterocycles. The second-order valence-electron chi connectivity index (χ2n) is 5.43. The number of rotatable bonds is 4. The Balaban J connectivity index is 1.49. The molecule has 1 atom stereocenters. The van der Waals surface area contributed by atoms with E-state index in [1.54, 1.807) is 0 Å². The highest BCUT2D eigenvalue weighted by Crippen LogP contribution is 2.13. The Bertz CT molecular complexity index is 603. The number of hydrogen-bond donors (Lipinski definition) is 3. The summed E-state index contributed by atoms with van der Waals surface area (Å²) in [6.45, 7) is 6.03. The molecule has 3 rings (SSSR count). The van der Waals surface area contributed by atoms with E-state index in [1.807, 2.05) is 24.3 Å². The van der Waals surface area contributed by atoms with Crippen molar-refractivity contribution in [1.82, 2.24) is 20.2 Å². The topological polar surface area (TPSA) is 82.3 Å². The molecule has 1 aliphatic rings. The minimum Gasteiger partial charge on any atom is -0.379 e. The number of aromatic amines is 1. The lowest BCUT2D eigenvalue weighted by Crippen LogP contribution is -2.47. The monoisotopic (exact) mass is 303 g/mol. The second kappa shape index (κ2) is 6.76. The molecular weight excluding hydrogens is 282 g/mol. The maximum Gasteiger partial charge on any atom is 0.321 e. The van der Waals surface area contributed by atoms with Gasteiger partial charge in [0.05, 0.1) is 24.2 Å². The smallest absolute Gasteiger partial charge is 0.321 e. The van der Waals surface area contributed by atoms with Gasteiger partial charge in [-0.25, -0.2) is 9.78 Å². The number of morpholine rings is 1. The minimum atomic E-state index is -0.251. The summed E-state index contributed by atoms with van der Waals surface area (Å²) in [6.07, 6.45) is 0. The Kier molecular flexibility index (Phi) is 4.55. The van der Waals surface area contributed by atoms with Crippen LogP contribution >= 0.6 is 0 Å². The van der Waals surface area contributed by atoms with Gasteiger partial charge in [-0.2, -0.15) is 0 Å². The number of ether oxygens (including phenoxy) is 1. The normalized spacial score (nSPS) is 17.3. The molecule has 1 aromatic heterocycles. The summed E-state index contributed by atoms with van der Waals surface area (Å²) < 4.78 is 5.33. The maximum atomic E-state index is 12.0. The van der Waals surface area contributed by atoms with Crippen LogP contribution in [0.15, 0.2) is 24.3 Å². The second-order valence-corrected chi connectivity index (χ2v) is 5.43. The Hall–Kier alpha value is -2.12. The molecule has 0 radical (unpaired) electrons. The Morgan fingerprint density at radius 3 is 2.95 bits per heavy atom. The van der Waals surface area contributed by atoms with Crippen molar-refractivity contribution in [3.8, 4) is 0 Å². The van der Waals surface area contributed by atoms with E-state index in [-0.39, 0.29) is 12.1 Å². The summed E-state index contributed by atoms with van der Waals surface area (Å²) in [7, 11) is 0. The summed E-state index contributed by atoms with van der Waals surface area (Å²) >= 11 is 0. The van der Waals surface area contributed by atoms with Crippen molar-refractivity contribution < 1.29 is 9.53 Å². The number of fused-ring (bicyclic) bond motifs is 1. The lowest BCUT2D eigenvalue weighted by atomic mass is 10.2. The predicted octanol–water partition coefficient (Wildman–Crippen LogP) is 1.41. The molecular formula is C15H21N5O2. The van der Waals surface area contributed by atoms with Crippen LogP contribution in [0.5, 0.6) is 0 Å². The molecule has 1 saturated heterocycles. The van der Waals surface area contributed by atoms with Crippen LogP contribution in [0, 0.1) is 0 Å². The molecule has 3 N–H and O–H groups in total. The first-order valence-electron chi connectivity index (χ1n) is 7.54. The third kappa shape index (κ3) is 3.55. The standard InChI is InChI=1S/C15H21N5O2/c1-11(20-6-8-22-9-7-20)10-16-15(21)19-14-17-12-4-2-3-5-13(12)18-14/h2-5,11H,6-10H2,1H3,(H3,16,17,18,19,21)/t11-/m1/s1. The molecule has 0 saturated carbocycles. The van der Waals surface area contributed by atoms with E-state index in [9.17, 15) is 4.79 Å². The van der Waals surface area contributed by atoms with Gasteiger partial charge in [0.15, 0.2) is 0 Å². The number of aromatic nitrogens is 2. The van der Waals surface area contributed by atoms with E-state index in [2.05, 4.69) is 32.4 Å². The fraction of sp³-hybridized carbons (Fsp3) is 0.467. The van der Waals surface area contributed by atoms with E-state index in [0.717, 1.165) is 37.3 Å². The number of H-pyrrole nitrogens is 1. The number of nitrogens with zero attached hydrogens (tertiary/aromatic N) is 2. The average Bonchev–Trinajstić information content (AvgIpc) is 2.95. The Labute approximate surface area is 129 Å². The SMILES string of the molecule is C[C@H](CNC(=O)Nc1nc2ccccc2[nH]1)N1CCOCC1. The number of benzene rings is 1. The average molecular weight is 303 g/mol. The maximum absolute atomic E-state index is 12.0. The van der Waals surface area contributed by atoms with Gasteiger partial charge in [-0.15, -0.1) is 0 Å². The van der Waals surface area contributed by atoms with Gasteiger partial charge in [-0.1, -0.05) is 12.1 Å². The molecule has 22 heavy (non-hydrogen) atoms. The Morgan fingerprint density at radius 1 is 1.41 bits per heavy atom. The van der Waals surface area contributed by atoms with E-state index in [1.165, 1.54) is 0 Å². The van der Waals surface area contributed by atoms with Gasteiger partial charge in [-0.05, 0) is 19.1 Å². The van der Waals surface area contributed by atoms with Gasteiger partial charge in [0, 0.05) is 25.7 Å². The number of amides is 2. The fourth-order valence-corrected chi connectivity index (χ4v) is 2.55. The van der Waals surface area contributed by atoms with Crippen molar-refractivity contribution in [3.63, 3.8) is 0 Å². The van der Waals surface area contributed by atoms with Crippen LogP contribution in [-0.2, 0) is 4.74 Å². The van der Waals surface area contributed by atoms with E-state index in [0.29, 0.717) is 12.5 Å². The molecule has 0 spiro atoms.